The number of halogens is 1. The lowest BCUT2D eigenvalue weighted by atomic mass is 10.1. The van der Waals surface area contributed by atoms with E-state index in [0.29, 0.717) is 17.0 Å². The molecule has 5 N–H and O–H groups in total. The zero-order valence-corrected chi connectivity index (χ0v) is 17.8. The highest BCUT2D eigenvalue weighted by Crippen LogP contribution is 2.38. The van der Waals surface area contributed by atoms with Crippen LogP contribution in [-0.4, -0.2) is 70.0 Å². The third-order valence-electron chi connectivity index (χ3n) is 5.64. The summed E-state index contributed by atoms with van der Waals surface area (Å²) in [5.74, 6) is 0.516. The first-order valence-electron chi connectivity index (χ1n) is 9.96. The molecule has 166 valence electrons. The fourth-order valence-electron chi connectivity index (χ4n) is 4.14. The van der Waals surface area contributed by atoms with Gasteiger partial charge in [-0.25, -0.2) is 4.98 Å². The van der Waals surface area contributed by atoms with E-state index in [1.54, 1.807) is 0 Å². The highest BCUT2D eigenvalue weighted by molar-refractivity contribution is 7.51. The van der Waals surface area contributed by atoms with E-state index in [9.17, 15) is 14.8 Å². The molecule has 0 radical (unpaired) electrons. The van der Waals surface area contributed by atoms with Crippen LogP contribution in [0.25, 0.3) is 11.2 Å². The number of hydrogen-bond acceptors (Lipinski definition) is 8. The van der Waals surface area contributed by atoms with Crippen LogP contribution in [0.5, 0.6) is 0 Å². The van der Waals surface area contributed by atoms with Gasteiger partial charge < -0.3 is 30.1 Å². The zero-order valence-electron chi connectivity index (χ0n) is 16.1. The SMILES string of the molecule is O=P(O)(O)CCCC1OC(n2cnc3c(NC4CCCC4)nc(Cl)nc32)C(O)C1O. The van der Waals surface area contributed by atoms with E-state index in [1.165, 1.54) is 10.9 Å². The number of rotatable bonds is 7. The summed E-state index contributed by atoms with van der Waals surface area (Å²) in [6.45, 7) is 0. The number of imidazole rings is 1. The van der Waals surface area contributed by atoms with Gasteiger partial charge in [0.25, 0.3) is 0 Å². The maximum Gasteiger partial charge on any atom is 0.325 e. The standard InChI is InChI=1S/C17H25ClN5O6P/c18-17-21-14(20-9-4-1-2-5-9)11-15(22-17)23(8-19-11)16-13(25)12(24)10(29-16)6-3-7-30(26,27)28/h8-10,12-13,16,24-25H,1-7H2,(H,20,21,22)(H2,26,27,28). The Morgan fingerprint density at radius 2 is 1.97 bits per heavy atom. The molecular weight excluding hydrogens is 437 g/mol. The first kappa shape index (κ1) is 21.9. The Labute approximate surface area is 177 Å². The lowest BCUT2D eigenvalue weighted by molar-refractivity contribution is -0.0370. The van der Waals surface area contributed by atoms with Gasteiger partial charge >= 0.3 is 7.60 Å². The molecular formula is C17H25ClN5O6P. The summed E-state index contributed by atoms with van der Waals surface area (Å²) in [4.78, 5) is 30.9. The second kappa shape index (κ2) is 8.66. The van der Waals surface area contributed by atoms with Gasteiger partial charge in [-0.05, 0) is 37.3 Å². The van der Waals surface area contributed by atoms with Crippen molar-refractivity contribution in [3.8, 4) is 0 Å². The molecule has 1 saturated carbocycles. The third kappa shape index (κ3) is 4.62. The number of aromatic nitrogens is 4. The van der Waals surface area contributed by atoms with Crippen LogP contribution in [0.2, 0.25) is 5.28 Å². The van der Waals surface area contributed by atoms with E-state index >= 15 is 0 Å². The predicted molar refractivity (Wildman–Crippen MR) is 108 cm³/mol. The molecule has 11 nitrogen and oxygen atoms in total. The number of nitrogens with zero attached hydrogens (tertiary/aromatic N) is 4. The molecule has 0 spiro atoms. The average molecular weight is 462 g/mol. The number of anilines is 1. The minimum absolute atomic E-state index is 0.0241. The van der Waals surface area contributed by atoms with Crippen LogP contribution < -0.4 is 5.32 Å². The van der Waals surface area contributed by atoms with Crippen LogP contribution >= 0.6 is 19.2 Å². The van der Waals surface area contributed by atoms with E-state index in [1.807, 2.05) is 0 Å². The van der Waals surface area contributed by atoms with Crippen molar-refractivity contribution >= 4 is 36.2 Å². The molecule has 2 aromatic heterocycles. The van der Waals surface area contributed by atoms with Crippen LogP contribution in [0.1, 0.15) is 44.8 Å². The molecule has 2 aromatic rings. The number of nitrogens with one attached hydrogen (secondary N) is 1. The highest BCUT2D eigenvalue weighted by atomic mass is 35.5. The van der Waals surface area contributed by atoms with Crippen LogP contribution in [-0.2, 0) is 9.30 Å². The third-order valence-corrected chi connectivity index (χ3v) is 6.71. The molecule has 1 aliphatic heterocycles. The first-order valence-corrected chi connectivity index (χ1v) is 12.1. The van der Waals surface area contributed by atoms with Crippen LogP contribution in [0.4, 0.5) is 5.82 Å². The number of hydrogen-bond donors (Lipinski definition) is 5. The molecule has 0 aromatic carbocycles. The molecule has 30 heavy (non-hydrogen) atoms. The molecule has 4 unspecified atom stereocenters. The lowest BCUT2D eigenvalue weighted by Gasteiger charge is -2.17. The summed E-state index contributed by atoms with van der Waals surface area (Å²) in [7, 11) is -4.13. The number of fused-ring (bicyclic) bond motifs is 1. The molecule has 13 heteroatoms. The van der Waals surface area contributed by atoms with E-state index in [-0.39, 0.29) is 30.3 Å². The van der Waals surface area contributed by atoms with Gasteiger partial charge in [0.15, 0.2) is 23.2 Å². The van der Waals surface area contributed by atoms with Gasteiger partial charge in [-0.3, -0.25) is 9.13 Å². The summed E-state index contributed by atoms with van der Waals surface area (Å²) in [5, 5.41) is 24.3. The second-order valence-corrected chi connectivity index (χ2v) is 9.98. The van der Waals surface area contributed by atoms with Crippen LogP contribution in [0, 0.1) is 0 Å². The topological polar surface area (TPSA) is 163 Å². The molecule has 3 heterocycles. The summed E-state index contributed by atoms with van der Waals surface area (Å²) in [5.41, 5.74) is 0.851. The first-order chi connectivity index (χ1) is 14.2. The molecule has 0 bridgehead atoms. The molecule has 4 atom stereocenters. The van der Waals surface area contributed by atoms with Crippen molar-refractivity contribution in [3.05, 3.63) is 11.6 Å². The van der Waals surface area contributed by atoms with Gasteiger partial charge in [-0.1, -0.05) is 12.8 Å². The van der Waals surface area contributed by atoms with Gasteiger partial charge in [-0.2, -0.15) is 9.97 Å². The molecule has 0 amide bonds. The van der Waals surface area contributed by atoms with Gasteiger partial charge in [0.1, 0.15) is 12.2 Å². The summed E-state index contributed by atoms with van der Waals surface area (Å²) in [6.07, 6.45) is 1.65. The summed E-state index contributed by atoms with van der Waals surface area (Å²) in [6, 6.07) is 0.290. The Hall–Kier alpha value is -1.33. The summed E-state index contributed by atoms with van der Waals surface area (Å²) < 4.78 is 18.3. The van der Waals surface area contributed by atoms with Crippen LogP contribution in [0.15, 0.2) is 6.33 Å². The van der Waals surface area contributed by atoms with Gasteiger partial charge in [0.05, 0.1) is 12.4 Å². The fourth-order valence-corrected chi connectivity index (χ4v) is 4.90. The maximum absolute atomic E-state index is 11.0. The Kier molecular flexibility index (Phi) is 6.32. The Bertz CT molecular complexity index is 948. The fraction of sp³-hybridized carbons (Fsp3) is 0.706. The number of aliphatic hydroxyl groups excluding tert-OH is 2. The zero-order chi connectivity index (χ0) is 21.5. The number of aliphatic hydroxyl groups is 2. The highest BCUT2D eigenvalue weighted by Gasteiger charge is 2.44. The van der Waals surface area contributed by atoms with E-state index < -0.39 is 32.1 Å². The number of ether oxygens (including phenoxy) is 1. The molecule has 2 fully saturated rings. The minimum atomic E-state index is -4.13. The molecule has 1 aliphatic carbocycles. The summed E-state index contributed by atoms with van der Waals surface area (Å²) >= 11 is 6.12. The molecule has 2 aliphatic rings. The van der Waals surface area contributed by atoms with E-state index in [0.717, 1.165) is 25.7 Å². The minimum Gasteiger partial charge on any atom is -0.388 e. The Balaban J connectivity index is 1.55. The second-order valence-electron chi connectivity index (χ2n) is 7.87. The molecule has 1 saturated heterocycles. The normalized spacial score (nSPS) is 27.9. The van der Waals surface area contributed by atoms with Gasteiger partial charge in [-0.15, -0.1) is 0 Å². The van der Waals surface area contributed by atoms with Gasteiger partial charge in [0, 0.05) is 12.2 Å². The Morgan fingerprint density at radius 3 is 2.67 bits per heavy atom. The Morgan fingerprint density at radius 1 is 1.23 bits per heavy atom. The smallest absolute Gasteiger partial charge is 0.325 e. The largest absolute Gasteiger partial charge is 0.388 e. The van der Waals surface area contributed by atoms with Gasteiger partial charge in [0.2, 0.25) is 5.28 Å². The van der Waals surface area contributed by atoms with Crippen molar-refractivity contribution < 1.29 is 29.3 Å². The van der Waals surface area contributed by atoms with Crippen molar-refractivity contribution in [2.45, 2.75) is 69.1 Å². The lowest BCUT2D eigenvalue weighted by Crippen LogP contribution is -2.31. The monoisotopic (exact) mass is 461 g/mol. The van der Waals surface area contributed by atoms with E-state index in [4.69, 9.17) is 26.1 Å². The van der Waals surface area contributed by atoms with Crippen molar-refractivity contribution in [2.24, 2.45) is 0 Å². The maximum atomic E-state index is 11.0. The van der Waals surface area contributed by atoms with E-state index in [2.05, 4.69) is 20.3 Å². The predicted octanol–water partition coefficient (Wildman–Crippen LogP) is 1.41. The van der Waals surface area contributed by atoms with Crippen molar-refractivity contribution in [1.29, 1.82) is 0 Å². The van der Waals surface area contributed by atoms with Crippen molar-refractivity contribution in [3.63, 3.8) is 0 Å². The van der Waals surface area contributed by atoms with Crippen LogP contribution in [0.3, 0.4) is 0 Å². The quantitative estimate of drug-likeness (QED) is 0.301. The van der Waals surface area contributed by atoms with Crippen molar-refractivity contribution in [2.75, 3.05) is 11.5 Å². The van der Waals surface area contributed by atoms with Crippen molar-refractivity contribution in [1.82, 2.24) is 19.5 Å². The average Bonchev–Trinajstić information content (AvgIpc) is 3.37. The molecule has 4 rings (SSSR count).